The molecule has 0 saturated heterocycles. The van der Waals surface area contributed by atoms with Crippen molar-refractivity contribution in [2.24, 2.45) is 5.92 Å². The first-order valence-corrected chi connectivity index (χ1v) is 7.60. The third-order valence-corrected chi connectivity index (χ3v) is 3.76. The zero-order valence-corrected chi connectivity index (χ0v) is 12.9. The fourth-order valence-electron chi connectivity index (χ4n) is 2.08. The Hall–Kier alpha value is -1.32. The molecule has 0 bridgehead atoms. The van der Waals surface area contributed by atoms with Gasteiger partial charge in [0.25, 0.3) is 0 Å². The summed E-state index contributed by atoms with van der Waals surface area (Å²) in [7, 11) is 0. The monoisotopic (exact) mass is 334 g/mol. The van der Waals surface area contributed by atoms with E-state index in [1.807, 2.05) is 42.5 Å². The number of aliphatic hydroxyl groups excluding tert-OH is 1. The summed E-state index contributed by atoms with van der Waals surface area (Å²) in [6, 6.07) is 18.1. The quantitative estimate of drug-likeness (QED) is 0.827. The van der Waals surface area contributed by atoms with Gasteiger partial charge in [-0.15, -0.1) is 0 Å². The van der Waals surface area contributed by atoms with E-state index in [0.717, 1.165) is 23.1 Å². The van der Waals surface area contributed by atoms with Gasteiger partial charge in [-0.1, -0.05) is 46.3 Å². The molecule has 0 aliphatic carbocycles. The van der Waals surface area contributed by atoms with Gasteiger partial charge >= 0.3 is 0 Å². The van der Waals surface area contributed by atoms with E-state index in [-0.39, 0.29) is 12.5 Å². The molecule has 1 N–H and O–H groups in total. The van der Waals surface area contributed by atoms with Crippen molar-refractivity contribution in [1.82, 2.24) is 0 Å². The van der Waals surface area contributed by atoms with Crippen LogP contribution in [0.15, 0.2) is 59.1 Å². The third-order valence-electron chi connectivity index (χ3n) is 3.23. The molecule has 1 unspecified atom stereocenters. The van der Waals surface area contributed by atoms with E-state index in [0.29, 0.717) is 6.61 Å². The van der Waals surface area contributed by atoms with Gasteiger partial charge in [0.15, 0.2) is 0 Å². The van der Waals surface area contributed by atoms with Crippen molar-refractivity contribution in [1.29, 1.82) is 0 Å². The summed E-state index contributed by atoms with van der Waals surface area (Å²) < 4.78 is 6.74. The second-order valence-corrected chi connectivity index (χ2v) is 5.75. The Balaban J connectivity index is 1.78. The zero-order valence-electron chi connectivity index (χ0n) is 11.3. The van der Waals surface area contributed by atoms with Crippen LogP contribution in [0.5, 0.6) is 5.75 Å². The third kappa shape index (κ3) is 4.99. The topological polar surface area (TPSA) is 29.5 Å². The van der Waals surface area contributed by atoms with E-state index in [1.165, 1.54) is 5.56 Å². The van der Waals surface area contributed by atoms with Crippen LogP contribution in [0.1, 0.15) is 12.0 Å². The Bertz CT molecular complexity index is 496. The molecule has 0 aromatic heterocycles. The maximum absolute atomic E-state index is 9.46. The largest absolute Gasteiger partial charge is 0.494 e. The molecule has 0 saturated carbocycles. The second kappa shape index (κ2) is 8.08. The van der Waals surface area contributed by atoms with E-state index in [4.69, 9.17) is 4.74 Å². The molecular weight excluding hydrogens is 316 g/mol. The predicted octanol–water partition coefficient (Wildman–Crippen LogP) is 4.07. The Labute approximate surface area is 128 Å². The van der Waals surface area contributed by atoms with Crippen molar-refractivity contribution in [3.05, 3.63) is 64.6 Å². The van der Waals surface area contributed by atoms with Gasteiger partial charge in [-0.05, 0) is 48.6 Å². The van der Waals surface area contributed by atoms with E-state index in [9.17, 15) is 5.11 Å². The summed E-state index contributed by atoms with van der Waals surface area (Å²) in [5.74, 6) is 1.11. The minimum absolute atomic E-state index is 0.193. The molecular formula is C17H19BrO2. The predicted molar refractivity (Wildman–Crippen MR) is 85.0 cm³/mol. The zero-order chi connectivity index (χ0) is 14.2. The van der Waals surface area contributed by atoms with Gasteiger partial charge < -0.3 is 9.84 Å². The number of ether oxygens (including phenoxy) is 1. The molecule has 106 valence electrons. The van der Waals surface area contributed by atoms with E-state index >= 15 is 0 Å². The lowest BCUT2D eigenvalue weighted by atomic mass is 9.97. The number of hydrogen-bond donors (Lipinski definition) is 1. The minimum atomic E-state index is 0.193. The Kier molecular flexibility index (Phi) is 6.09. The average molecular weight is 335 g/mol. The maximum atomic E-state index is 9.46. The van der Waals surface area contributed by atoms with E-state index in [2.05, 4.69) is 28.1 Å². The van der Waals surface area contributed by atoms with Crippen LogP contribution in [0.25, 0.3) is 0 Å². The molecule has 1 atom stereocenters. The normalized spacial score (nSPS) is 12.1. The van der Waals surface area contributed by atoms with E-state index in [1.54, 1.807) is 0 Å². The molecule has 2 aromatic rings. The van der Waals surface area contributed by atoms with Gasteiger partial charge in [0.2, 0.25) is 0 Å². The Morgan fingerprint density at radius 3 is 2.35 bits per heavy atom. The van der Waals surface area contributed by atoms with Crippen molar-refractivity contribution in [2.45, 2.75) is 12.8 Å². The first-order chi connectivity index (χ1) is 9.78. The molecule has 0 amide bonds. The van der Waals surface area contributed by atoms with Crippen LogP contribution in [-0.2, 0) is 6.42 Å². The van der Waals surface area contributed by atoms with Crippen LogP contribution in [0.2, 0.25) is 0 Å². The molecule has 0 aliphatic heterocycles. The lowest BCUT2D eigenvalue weighted by molar-refractivity contribution is 0.190. The van der Waals surface area contributed by atoms with Gasteiger partial charge in [-0.25, -0.2) is 0 Å². The summed E-state index contributed by atoms with van der Waals surface area (Å²) in [5.41, 5.74) is 1.26. The van der Waals surface area contributed by atoms with Crippen LogP contribution in [-0.4, -0.2) is 18.3 Å². The molecule has 0 aliphatic rings. The summed E-state index contributed by atoms with van der Waals surface area (Å²) in [4.78, 5) is 0. The van der Waals surface area contributed by atoms with Crippen molar-refractivity contribution < 1.29 is 9.84 Å². The molecule has 20 heavy (non-hydrogen) atoms. The van der Waals surface area contributed by atoms with Crippen molar-refractivity contribution >= 4 is 15.9 Å². The number of rotatable bonds is 7. The van der Waals surface area contributed by atoms with Gasteiger partial charge in [0, 0.05) is 11.1 Å². The molecule has 0 fully saturated rings. The summed E-state index contributed by atoms with van der Waals surface area (Å²) >= 11 is 3.40. The molecule has 2 rings (SSSR count). The summed E-state index contributed by atoms with van der Waals surface area (Å²) in [6.45, 7) is 0.818. The van der Waals surface area contributed by atoms with Crippen molar-refractivity contribution in [2.75, 3.05) is 13.2 Å². The molecule has 2 aromatic carbocycles. The standard InChI is InChI=1S/C17H19BrO2/c18-16-6-8-17(9-7-16)20-11-10-15(13-19)12-14-4-2-1-3-5-14/h1-9,15,19H,10-13H2. The highest BCUT2D eigenvalue weighted by atomic mass is 79.9. The SMILES string of the molecule is OCC(CCOc1ccc(Br)cc1)Cc1ccccc1. The highest BCUT2D eigenvalue weighted by molar-refractivity contribution is 9.10. The maximum Gasteiger partial charge on any atom is 0.119 e. The average Bonchev–Trinajstić information content (AvgIpc) is 2.49. The number of aliphatic hydroxyl groups is 1. The number of hydrogen-bond acceptors (Lipinski definition) is 2. The smallest absolute Gasteiger partial charge is 0.119 e. The highest BCUT2D eigenvalue weighted by Crippen LogP contribution is 2.17. The first-order valence-electron chi connectivity index (χ1n) is 6.81. The molecule has 3 heteroatoms. The van der Waals surface area contributed by atoms with E-state index < -0.39 is 0 Å². The number of halogens is 1. The van der Waals surface area contributed by atoms with Gasteiger partial charge in [-0.3, -0.25) is 0 Å². The Morgan fingerprint density at radius 2 is 1.70 bits per heavy atom. The minimum Gasteiger partial charge on any atom is -0.494 e. The lowest BCUT2D eigenvalue weighted by Gasteiger charge is -2.15. The Morgan fingerprint density at radius 1 is 1.00 bits per heavy atom. The van der Waals surface area contributed by atoms with Gasteiger partial charge in [0.1, 0.15) is 5.75 Å². The van der Waals surface area contributed by atoms with Crippen LogP contribution in [0.4, 0.5) is 0 Å². The second-order valence-electron chi connectivity index (χ2n) is 4.83. The van der Waals surface area contributed by atoms with Crippen molar-refractivity contribution in [3.63, 3.8) is 0 Å². The highest BCUT2D eigenvalue weighted by Gasteiger charge is 2.09. The van der Waals surface area contributed by atoms with Gasteiger partial charge in [-0.2, -0.15) is 0 Å². The van der Waals surface area contributed by atoms with Crippen LogP contribution in [0.3, 0.4) is 0 Å². The van der Waals surface area contributed by atoms with Crippen LogP contribution >= 0.6 is 15.9 Å². The molecule has 0 heterocycles. The van der Waals surface area contributed by atoms with Gasteiger partial charge in [0.05, 0.1) is 6.61 Å². The fourth-order valence-corrected chi connectivity index (χ4v) is 2.34. The molecule has 0 radical (unpaired) electrons. The lowest BCUT2D eigenvalue weighted by Crippen LogP contribution is -2.13. The fraction of sp³-hybridized carbons (Fsp3) is 0.294. The van der Waals surface area contributed by atoms with Crippen molar-refractivity contribution in [3.8, 4) is 5.75 Å². The molecule has 0 spiro atoms. The van der Waals surface area contributed by atoms with Crippen LogP contribution in [0, 0.1) is 5.92 Å². The summed E-state index contributed by atoms with van der Waals surface area (Å²) in [5, 5.41) is 9.46. The first kappa shape index (κ1) is 15.1. The van der Waals surface area contributed by atoms with Crippen LogP contribution < -0.4 is 4.74 Å². The summed E-state index contributed by atoms with van der Waals surface area (Å²) in [6.07, 6.45) is 1.74. The molecule has 2 nitrogen and oxygen atoms in total. The number of benzene rings is 2.